The normalized spacial score (nSPS) is 29.6. The van der Waals surface area contributed by atoms with E-state index in [9.17, 15) is 10.2 Å². The topological polar surface area (TPSA) is 177 Å². The Morgan fingerprint density at radius 1 is 1.58 bits per heavy atom. The first kappa shape index (κ1) is 16.2. The lowest BCUT2D eigenvalue weighted by molar-refractivity contribution is -0.0455. The number of aliphatic hydroxyl groups is 2. The predicted molar refractivity (Wildman–Crippen MR) is 80.8 cm³/mol. The lowest BCUT2D eigenvalue weighted by Crippen LogP contribution is -2.42. The number of methoxy groups -OCH3 is 1. The molecule has 0 spiro atoms. The van der Waals surface area contributed by atoms with Gasteiger partial charge in [-0.15, -0.1) is 0 Å². The van der Waals surface area contributed by atoms with Crippen molar-refractivity contribution in [3.8, 4) is 5.88 Å². The van der Waals surface area contributed by atoms with Crippen LogP contribution in [0, 0.1) is 0 Å². The number of azide groups is 1. The molecule has 1 fully saturated rings. The molecule has 3 rings (SSSR count). The lowest BCUT2D eigenvalue weighted by Gasteiger charge is -2.27. The Morgan fingerprint density at radius 3 is 2.96 bits per heavy atom. The Morgan fingerprint density at radius 2 is 2.33 bits per heavy atom. The summed E-state index contributed by atoms with van der Waals surface area (Å²) in [6.07, 6.45) is -1.71. The SMILES string of the molecule is COc1nc(N)nc2c1ncn2[C@@H]1O[C@H](CO)C(O)[C@@]1(C)N=[N+]=[N-]. The molecule has 4 N–H and O–H groups in total. The van der Waals surface area contributed by atoms with Gasteiger partial charge in [-0.25, -0.2) is 4.98 Å². The second kappa shape index (κ2) is 5.76. The van der Waals surface area contributed by atoms with Crippen LogP contribution in [-0.2, 0) is 4.74 Å². The minimum absolute atomic E-state index is 0.0381. The number of nitrogen functional groups attached to an aromatic ring is 1. The van der Waals surface area contributed by atoms with Crippen molar-refractivity contribution in [2.75, 3.05) is 19.5 Å². The molecule has 0 radical (unpaired) electrons. The van der Waals surface area contributed by atoms with Crippen LogP contribution in [-0.4, -0.2) is 61.2 Å². The Kier molecular flexibility index (Phi) is 3.89. The number of imidazole rings is 1. The molecule has 0 bridgehead atoms. The van der Waals surface area contributed by atoms with Crippen LogP contribution in [0.2, 0.25) is 0 Å². The Balaban J connectivity index is 2.19. The second-order valence-electron chi connectivity index (χ2n) is 5.48. The van der Waals surface area contributed by atoms with Gasteiger partial charge in [0.25, 0.3) is 0 Å². The maximum Gasteiger partial charge on any atom is 0.246 e. The number of hydrogen-bond donors (Lipinski definition) is 3. The van der Waals surface area contributed by atoms with Gasteiger partial charge in [0.15, 0.2) is 17.4 Å². The molecule has 1 saturated heterocycles. The van der Waals surface area contributed by atoms with Gasteiger partial charge >= 0.3 is 0 Å². The van der Waals surface area contributed by atoms with E-state index in [0.717, 1.165) is 0 Å². The number of aliphatic hydroxyl groups excluding tert-OH is 2. The van der Waals surface area contributed by atoms with Crippen LogP contribution in [0.15, 0.2) is 11.4 Å². The summed E-state index contributed by atoms with van der Waals surface area (Å²) in [5.41, 5.74) is 13.8. The second-order valence-corrected chi connectivity index (χ2v) is 5.48. The van der Waals surface area contributed by atoms with Crippen molar-refractivity contribution in [1.29, 1.82) is 0 Å². The lowest BCUT2D eigenvalue weighted by atomic mass is 9.93. The molecule has 0 aromatic carbocycles. The van der Waals surface area contributed by atoms with E-state index >= 15 is 0 Å². The van der Waals surface area contributed by atoms with E-state index in [2.05, 4.69) is 25.0 Å². The van der Waals surface area contributed by atoms with Crippen molar-refractivity contribution in [3.05, 3.63) is 16.8 Å². The molecule has 12 nitrogen and oxygen atoms in total. The average Bonchev–Trinajstić information content (AvgIpc) is 3.07. The molecular formula is C12H16N8O4. The summed E-state index contributed by atoms with van der Waals surface area (Å²) in [7, 11) is 1.42. The van der Waals surface area contributed by atoms with Gasteiger partial charge in [0.1, 0.15) is 11.6 Å². The van der Waals surface area contributed by atoms with Crippen LogP contribution in [0.25, 0.3) is 21.6 Å². The van der Waals surface area contributed by atoms with Gasteiger partial charge in [0.2, 0.25) is 11.8 Å². The number of aromatic nitrogens is 4. The number of hydrogen-bond acceptors (Lipinski definition) is 9. The molecule has 2 aromatic heterocycles. The van der Waals surface area contributed by atoms with E-state index in [0.29, 0.717) is 5.52 Å². The number of nitrogens with zero attached hydrogens (tertiary/aromatic N) is 7. The Bertz CT molecular complexity index is 819. The number of nitrogens with two attached hydrogens (primary N) is 1. The van der Waals surface area contributed by atoms with Gasteiger partial charge in [0.05, 0.1) is 26.1 Å². The van der Waals surface area contributed by atoms with Gasteiger partial charge in [-0.1, -0.05) is 5.11 Å². The Hall–Kier alpha value is -2.66. The van der Waals surface area contributed by atoms with Crippen molar-refractivity contribution in [2.24, 2.45) is 5.11 Å². The summed E-state index contributed by atoms with van der Waals surface area (Å²) in [5, 5.41) is 23.4. The van der Waals surface area contributed by atoms with Gasteiger partial charge in [-0.05, 0) is 12.5 Å². The summed E-state index contributed by atoms with van der Waals surface area (Å²) in [4.78, 5) is 15.0. The first-order valence-electron chi connectivity index (χ1n) is 7.01. The van der Waals surface area contributed by atoms with Crippen molar-refractivity contribution < 1.29 is 19.7 Å². The minimum Gasteiger partial charge on any atom is -0.479 e. The maximum atomic E-state index is 10.4. The van der Waals surface area contributed by atoms with Gasteiger partial charge < -0.3 is 25.4 Å². The fourth-order valence-corrected chi connectivity index (χ4v) is 2.82. The fraction of sp³-hybridized carbons (Fsp3) is 0.583. The van der Waals surface area contributed by atoms with Crippen LogP contribution < -0.4 is 10.5 Å². The van der Waals surface area contributed by atoms with Crippen molar-refractivity contribution in [3.63, 3.8) is 0 Å². The van der Waals surface area contributed by atoms with Crippen molar-refractivity contribution in [2.45, 2.75) is 30.9 Å². The highest BCUT2D eigenvalue weighted by atomic mass is 16.5. The third-order valence-electron chi connectivity index (χ3n) is 4.05. The zero-order valence-electron chi connectivity index (χ0n) is 12.9. The van der Waals surface area contributed by atoms with E-state index in [4.69, 9.17) is 20.7 Å². The molecule has 0 saturated carbocycles. The molecule has 0 amide bonds. The summed E-state index contributed by atoms with van der Waals surface area (Å²) < 4.78 is 12.3. The van der Waals surface area contributed by atoms with E-state index in [1.807, 2.05) is 0 Å². The molecule has 24 heavy (non-hydrogen) atoms. The molecule has 1 unspecified atom stereocenters. The third kappa shape index (κ3) is 2.20. The molecule has 2 aromatic rings. The summed E-state index contributed by atoms with van der Waals surface area (Å²) in [6, 6.07) is 0. The highest BCUT2D eigenvalue weighted by Crippen LogP contribution is 2.42. The van der Waals surface area contributed by atoms with E-state index in [1.165, 1.54) is 24.9 Å². The average molecular weight is 336 g/mol. The van der Waals surface area contributed by atoms with Crippen LogP contribution >= 0.6 is 0 Å². The highest BCUT2D eigenvalue weighted by Gasteiger charge is 2.54. The van der Waals surface area contributed by atoms with E-state index in [-0.39, 0.29) is 17.5 Å². The highest BCUT2D eigenvalue weighted by molar-refractivity contribution is 5.77. The first-order valence-corrected chi connectivity index (χ1v) is 7.01. The van der Waals surface area contributed by atoms with Crippen molar-refractivity contribution in [1.82, 2.24) is 19.5 Å². The van der Waals surface area contributed by atoms with Crippen LogP contribution in [0.5, 0.6) is 5.88 Å². The first-order chi connectivity index (χ1) is 11.5. The van der Waals surface area contributed by atoms with Crippen LogP contribution in [0.4, 0.5) is 5.95 Å². The molecule has 128 valence electrons. The summed E-state index contributed by atoms with van der Waals surface area (Å²) in [5.74, 6) is 0.142. The zero-order valence-corrected chi connectivity index (χ0v) is 12.9. The van der Waals surface area contributed by atoms with Crippen LogP contribution in [0.3, 0.4) is 0 Å². The quantitative estimate of drug-likeness (QED) is 0.388. The zero-order chi connectivity index (χ0) is 17.5. The molecule has 12 heteroatoms. The number of ether oxygens (including phenoxy) is 2. The summed E-state index contributed by atoms with van der Waals surface area (Å²) >= 11 is 0. The maximum absolute atomic E-state index is 10.4. The fourth-order valence-electron chi connectivity index (χ4n) is 2.82. The van der Waals surface area contributed by atoms with Gasteiger partial charge in [0, 0.05) is 4.91 Å². The third-order valence-corrected chi connectivity index (χ3v) is 4.05. The number of anilines is 1. The molecule has 1 aliphatic heterocycles. The van der Waals surface area contributed by atoms with Crippen molar-refractivity contribution >= 4 is 17.1 Å². The molecule has 1 aliphatic rings. The van der Waals surface area contributed by atoms with Gasteiger partial charge in [-0.2, -0.15) is 9.97 Å². The molecule has 4 atom stereocenters. The Labute approximate surface area is 135 Å². The van der Waals surface area contributed by atoms with E-state index in [1.54, 1.807) is 0 Å². The van der Waals surface area contributed by atoms with E-state index < -0.39 is 30.6 Å². The smallest absolute Gasteiger partial charge is 0.246 e. The largest absolute Gasteiger partial charge is 0.479 e. The standard InChI is InChI=1S/C12H16N8O4/c1-12(18-19-14)7(22)5(3-21)24-10(12)20-4-15-6-8(20)16-11(13)17-9(6)23-2/h4-5,7,10,21-22H,3H2,1-2H3,(H2,13,16,17)/t5-,7?,10-,12-/m1/s1. The molecule has 0 aliphatic carbocycles. The molecule has 3 heterocycles. The van der Waals surface area contributed by atoms with Gasteiger partial charge in [-0.3, -0.25) is 4.57 Å². The predicted octanol–water partition coefficient (Wildman–Crippen LogP) is -0.263. The number of fused-ring (bicyclic) bond motifs is 1. The number of rotatable bonds is 4. The minimum atomic E-state index is -1.39. The molecular weight excluding hydrogens is 320 g/mol. The monoisotopic (exact) mass is 336 g/mol. The van der Waals surface area contributed by atoms with Crippen LogP contribution in [0.1, 0.15) is 13.2 Å². The summed E-state index contributed by atoms with van der Waals surface area (Å²) in [6.45, 7) is 1.08.